The van der Waals surface area contributed by atoms with Gasteiger partial charge in [0.1, 0.15) is 11.6 Å². The zero-order valence-corrected chi connectivity index (χ0v) is 7.96. The van der Waals surface area contributed by atoms with E-state index in [0.29, 0.717) is 12.3 Å². The van der Waals surface area contributed by atoms with Crippen LogP contribution in [0.2, 0.25) is 0 Å². The van der Waals surface area contributed by atoms with Gasteiger partial charge in [-0.3, -0.25) is 9.59 Å². The summed E-state index contributed by atoms with van der Waals surface area (Å²) in [6.07, 6.45) is 1.60. The fourth-order valence-electron chi connectivity index (χ4n) is 2.27. The Hall–Kier alpha value is -0.660. The molecule has 0 aliphatic heterocycles. The van der Waals surface area contributed by atoms with E-state index in [1.165, 1.54) is 6.92 Å². The number of rotatable bonds is 1. The van der Waals surface area contributed by atoms with Gasteiger partial charge in [0, 0.05) is 6.42 Å². The lowest BCUT2D eigenvalue weighted by Crippen LogP contribution is -2.35. The topological polar surface area (TPSA) is 34.1 Å². The molecule has 0 radical (unpaired) electrons. The smallest absolute Gasteiger partial charge is 0.143 e. The van der Waals surface area contributed by atoms with Crippen LogP contribution in [0.4, 0.5) is 0 Å². The molecule has 1 fully saturated rings. The normalized spacial score (nSPS) is 36.6. The summed E-state index contributed by atoms with van der Waals surface area (Å²) >= 11 is 0. The van der Waals surface area contributed by atoms with Gasteiger partial charge in [0.05, 0.1) is 5.92 Å². The lowest BCUT2D eigenvalue weighted by atomic mass is 9.73. The summed E-state index contributed by atoms with van der Waals surface area (Å²) in [6, 6.07) is 0. The Morgan fingerprint density at radius 3 is 2.42 bits per heavy atom. The predicted octanol–water partition coefficient (Wildman–Crippen LogP) is 1.83. The van der Waals surface area contributed by atoms with Crippen molar-refractivity contribution in [2.45, 2.75) is 33.6 Å². The van der Waals surface area contributed by atoms with Gasteiger partial charge in [-0.05, 0) is 25.2 Å². The highest BCUT2D eigenvalue weighted by atomic mass is 16.1. The standard InChI is InChI=1S/C10H16O2/c1-6-4-7(2)10(8(3)11)9(12)5-6/h6-7,10H,4-5H2,1-3H3. The highest BCUT2D eigenvalue weighted by Gasteiger charge is 2.34. The Morgan fingerprint density at radius 2 is 2.00 bits per heavy atom. The minimum atomic E-state index is -0.304. The van der Waals surface area contributed by atoms with Crippen molar-refractivity contribution < 1.29 is 9.59 Å². The van der Waals surface area contributed by atoms with Crippen molar-refractivity contribution in [1.82, 2.24) is 0 Å². The van der Waals surface area contributed by atoms with Gasteiger partial charge in [0.25, 0.3) is 0 Å². The average Bonchev–Trinajstić information content (AvgIpc) is 1.82. The van der Waals surface area contributed by atoms with Gasteiger partial charge < -0.3 is 0 Å². The summed E-state index contributed by atoms with van der Waals surface area (Å²) < 4.78 is 0. The van der Waals surface area contributed by atoms with Crippen molar-refractivity contribution in [3.63, 3.8) is 0 Å². The molecule has 1 aliphatic rings. The zero-order valence-electron chi connectivity index (χ0n) is 7.96. The second kappa shape index (κ2) is 3.38. The summed E-state index contributed by atoms with van der Waals surface area (Å²) in [5, 5.41) is 0. The molecule has 0 N–H and O–H groups in total. The molecular weight excluding hydrogens is 152 g/mol. The summed E-state index contributed by atoms with van der Waals surface area (Å²) in [4.78, 5) is 22.5. The molecule has 0 aromatic carbocycles. The largest absolute Gasteiger partial charge is 0.299 e. The molecule has 2 nitrogen and oxygen atoms in total. The monoisotopic (exact) mass is 168 g/mol. The molecule has 12 heavy (non-hydrogen) atoms. The Bertz CT molecular complexity index is 208. The third kappa shape index (κ3) is 1.74. The SMILES string of the molecule is CC(=O)C1C(=O)CC(C)CC1C. The quantitative estimate of drug-likeness (QED) is 0.560. The molecule has 0 aromatic rings. The van der Waals surface area contributed by atoms with E-state index in [1.54, 1.807) is 0 Å². The number of ketones is 2. The maximum Gasteiger partial charge on any atom is 0.143 e. The van der Waals surface area contributed by atoms with E-state index in [2.05, 4.69) is 6.92 Å². The Labute approximate surface area is 73.3 Å². The molecule has 0 aromatic heterocycles. The second-order valence-corrected chi connectivity index (χ2v) is 4.08. The summed E-state index contributed by atoms with van der Waals surface area (Å²) in [6.45, 7) is 5.60. The molecule has 0 amide bonds. The molecule has 3 atom stereocenters. The molecule has 3 unspecified atom stereocenters. The molecule has 0 saturated heterocycles. The van der Waals surface area contributed by atoms with Crippen LogP contribution < -0.4 is 0 Å². The lowest BCUT2D eigenvalue weighted by Gasteiger charge is -2.29. The summed E-state index contributed by atoms with van der Waals surface area (Å²) in [5.74, 6) is 0.594. The molecule has 1 saturated carbocycles. The molecule has 68 valence electrons. The van der Waals surface area contributed by atoms with Crippen molar-refractivity contribution in [2.24, 2.45) is 17.8 Å². The van der Waals surface area contributed by atoms with Crippen molar-refractivity contribution >= 4 is 11.6 Å². The van der Waals surface area contributed by atoms with E-state index in [0.717, 1.165) is 6.42 Å². The van der Waals surface area contributed by atoms with Crippen LogP contribution in [0.1, 0.15) is 33.6 Å². The highest BCUT2D eigenvalue weighted by Crippen LogP contribution is 2.31. The first-order valence-electron chi connectivity index (χ1n) is 4.55. The third-order valence-electron chi connectivity index (χ3n) is 2.68. The molecule has 2 heteroatoms. The van der Waals surface area contributed by atoms with Crippen LogP contribution in [0.25, 0.3) is 0 Å². The van der Waals surface area contributed by atoms with Crippen LogP contribution in [0.5, 0.6) is 0 Å². The van der Waals surface area contributed by atoms with Crippen LogP contribution in [-0.4, -0.2) is 11.6 Å². The van der Waals surface area contributed by atoms with Crippen molar-refractivity contribution in [3.8, 4) is 0 Å². The maximum atomic E-state index is 11.4. The van der Waals surface area contributed by atoms with Gasteiger partial charge in [-0.15, -0.1) is 0 Å². The van der Waals surface area contributed by atoms with E-state index >= 15 is 0 Å². The molecule has 0 heterocycles. The predicted molar refractivity (Wildman–Crippen MR) is 46.7 cm³/mol. The summed E-state index contributed by atoms with van der Waals surface area (Å²) in [5.41, 5.74) is 0. The fourth-order valence-corrected chi connectivity index (χ4v) is 2.27. The Morgan fingerprint density at radius 1 is 1.42 bits per heavy atom. The molecule has 0 bridgehead atoms. The third-order valence-corrected chi connectivity index (χ3v) is 2.68. The number of carbonyl (C=O) groups is 2. The van der Waals surface area contributed by atoms with Gasteiger partial charge in [0.15, 0.2) is 0 Å². The average molecular weight is 168 g/mol. The van der Waals surface area contributed by atoms with Crippen LogP contribution in [0.3, 0.4) is 0 Å². The maximum absolute atomic E-state index is 11.4. The number of carbonyl (C=O) groups excluding carboxylic acids is 2. The van der Waals surface area contributed by atoms with Gasteiger partial charge in [-0.25, -0.2) is 0 Å². The zero-order chi connectivity index (χ0) is 9.30. The van der Waals surface area contributed by atoms with Crippen molar-refractivity contribution in [1.29, 1.82) is 0 Å². The second-order valence-electron chi connectivity index (χ2n) is 4.08. The van der Waals surface area contributed by atoms with E-state index < -0.39 is 0 Å². The van der Waals surface area contributed by atoms with Crippen LogP contribution >= 0.6 is 0 Å². The van der Waals surface area contributed by atoms with Gasteiger partial charge >= 0.3 is 0 Å². The number of hydrogen-bond acceptors (Lipinski definition) is 2. The van der Waals surface area contributed by atoms with E-state index in [9.17, 15) is 9.59 Å². The van der Waals surface area contributed by atoms with Crippen molar-refractivity contribution in [2.75, 3.05) is 0 Å². The first-order chi connectivity index (χ1) is 5.52. The molecule has 1 aliphatic carbocycles. The van der Waals surface area contributed by atoms with Crippen LogP contribution in [0, 0.1) is 17.8 Å². The van der Waals surface area contributed by atoms with Crippen LogP contribution in [-0.2, 0) is 9.59 Å². The Kier molecular flexibility index (Phi) is 2.65. The van der Waals surface area contributed by atoms with Gasteiger partial charge in [-0.2, -0.15) is 0 Å². The first kappa shape index (κ1) is 9.43. The van der Waals surface area contributed by atoms with E-state index in [1.807, 2.05) is 6.92 Å². The number of Topliss-reactive ketones (excluding diaryl/α,β-unsaturated/α-hetero) is 2. The number of hydrogen-bond donors (Lipinski definition) is 0. The van der Waals surface area contributed by atoms with Crippen LogP contribution in [0.15, 0.2) is 0 Å². The van der Waals surface area contributed by atoms with E-state index in [-0.39, 0.29) is 23.4 Å². The minimum absolute atomic E-state index is 0.0411. The van der Waals surface area contributed by atoms with Crippen molar-refractivity contribution in [3.05, 3.63) is 0 Å². The molecular formula is C10H16O2. The molecule has 0 spiro atoms. The highest BCUT2D eigenvalue weighted by molar-refractivity contribution is 6.02. The fraction of sp³-hybridized carbons (Fsp3) is 0.800. The van der Waals surface area contributed by atoms with Gasteiger partial charge in [0.2, 0.25) is 0 Å². The summed E-state index contributed by atoms with van der Waals surface area (Å²) in [7, 11) is 0. The first-order valence-corrected chi connectivity index (χ1v) is 4.55. The van der Waals surface area contributed by atoms with E-state index in [4.69, 9.17) is 0 Å². The van der Waals surface area contributed by atoms with Gasteiger partial charge in [-0.1, -0.05) is 13.8 Å². The Balaban J connectivity index is 2.73. The lowest BCUT2D eigenvalue weighted by molar-refractivity contribution is -0.136. The molecule has 1 rings (SSSR count). The minimum Gasteiger partial charge on any atom is -0.299 e.